The molecule has 0 aliphatic rings. The summed E-state index contributed by atoms with van der Waals surface area (Å²) in [7, 11) is 0. The maximum atomic E-state index is 14.1. The largest absolute Gasteiger partial charge is 0.240 e. The highest BCUT2D eigenvalue weighted by atomic mass is 19.1. The molecular weight excluding hydrogens is 271 g/mol. The lowest BCUT2D eigenvalue weighted by Crippen LogP contribution is -2.17. The second-order valence-corrected chi connectivity index (χ2v) is 6.77. The summed E-state index contributed by atoms with van der Waals surface area (Å²) in [6.45, 7) is 11.7. The molecule has 22 heavy (non-hydrogen) atoms. The fourth-order valence-corrected chi connectivity index (χ4v) is 2.66. The van der Waals surface area contributed by atoms with Gasteiger partial charge < -0.3 is 0 Å². The van der Waals surface area contributed by atoms with Crippen LogP contribution in [0.2, 0.25) is 0 Å². The van der Waals surface area contributed by atoms with Crippen LogP contribution in [0.15, 0.2) is 42.0 Å². The number of hydrogen-bond donors (Lipinski definition) is 0. The Morgan fingerprint density at radius 3 is 2.27 bits per heavy atom. The van der Waals surface area contributed by atoms with Crippen LogP contribution in [-0.2, 0) is 6.42 Å². The van der Waals surface area contributed by atoms with Crippen molar-refractivity contribution >= 4 is 5.57 Å². The van der Waals surface area contributed by atoms with Crippen LogP contribution in [-0.4, -0.2) is 5.67 Å². The molecule has 0 saturated carbocycles. The molecule has 0 radical (unpaired) electrons. The molecule has 0 bridgehead atoms. The van der Waals surface area contributed by atoms with E-state index in [2.05, 4.69) is 51.1 Å². The molecule has 1 rings (SSSR count). The first kappa shape index (κ1) is 18.7. The standard InChI is InChI=1S/C21H31F/c1-7-18-11-13-19(14-12-18)17(4)10-9-16(3)15-20(8-2)21(5,6)22/h8,10-14,16H,7,9,15H2,1-6H3/b17-10+,20-8?. The highest BCUT2D eigenvalue weighted by molar-refractivity contribution is 5.63. The van der Waals surface area contributed by atoms with E-state index in [1.54, 1.807) is 13.8 Å². The molecule has 0 spiro atoms. The van der Waals surface area contributed by atoms with Crippen molar-refractivity contribution in [1.82, 2.24) is 0 Å². The van der Waals surface area contributed by atoms with E-state index in [-0.39, 0.29) is 0 Å². The molecule has 1 aromatic carbocycles. The predicted octanol–water partition coefficient (Wildman–Crippen LogP) is 6.76. The first-order chi connectivity index (χ1) is 10.3. The third-order valence-electron chi connectivity index (χ3n) is 4.32. The van der Waals surface area contributed by atoms with Gasteiger partial charge in [0, 0.05) is 0 Å². The minimum Gasteiger partial charge on any atom is -0.240 e. The van der Waals surface area contributed by atoms with E-state index in [0.29, 0.717) is 5.92 Å². The molecule has 0 aliphatic carbocycles. The summed E-state index contributed by atoms with van der Waals surface area (Å²) in [6, 6.07) is 8.77. The number of alkyl halides is 1. The molecule has 0 amide bonds. The minimum absolute atomic E-state index is 0.450. The Kier molecular flexibility index (Phi) is 7.06. The average molecular weight is 302 g/mol. The predicted molar refractivity (Wildman–Crippen MR) is 96.8 cm³/mol. The van der Waals surface area contributed by atoms with Gasteiger partial charge in [-0.3, -0.25) is 0 Å². The first-order valence-corrected chi connectivity index (χ1v) is 8.38. The summed E-state index contributed by atoms with van der Waals surface area (Å²) in [6.07, 6.45) is 7.08. The zero-order valence-electron chi connectivity index (χ0n) is 15.0. The topological polar surface area (TPSA) is 0 Å². The van der Waals surface area contributed by atoms with Gasteiger partial charge >= 0.3 is 0 Å². The highest BCUT2D eigenvalue weighted by Crippen LogP contribution is 2.28. The Labute approximate surface area is 136 Å². The zero-order chi connectivity index (χ0) is 16.8. The van der Waals surface area contributed by atoms with Crippen molar-refractivity contribution in [3.05, 3.63) is 53.1 Å². The molecule has 1 heteroatoms. The van der Waals surface area contributed by atoms with Gasteiger partial charge in [0.25, 0.3) is 0 Å². The smallest absolute Gasteiger partial charge is 0.126 e. The maximum Gasteiger partial charge on any atom is 0.126 e. The molecular formula is C21H31F. The third kappa shape index (κ3) is 5.79. The molecule has 0 aliphatic heterocycles. The van der Waals surface area contributed by atoms with E-state index in [1.807, 2.05) is 13.0 Å². The number of allylic oxidation sites excluding steroid dienone is 4. The van der Waals surface area contributed by atoms with Gasteiger partial charge in [-0.15, -0.1) is 0 Å². The Morgan fingerprint density at radius 1 is 1.23 bits per heavy atom. The van der Waals surface area contributed by atoms with E-state index < -0.39 is 5.67 Å². The van der Waals surface area contributed by atoms with Crippen LogP contribution in [0.5, 0.6) is 0 Å². The van der Waals surface area contributed by atoms with Crippen molar-refractivity contribution in [2.75, 3.05) is 0 Å². The van der Waals surface area contributed by atoms with Crippen molar-refractivity contribution in [1.29, 1.82) is 0 Å². The maximum absolute atomic E-state index is 14.1. The van der Waals surface area contributed by atoms with E-state index in [4.69, 9.17) is 0 Å². The van der Waals surface area contributed by atoms with Gasteiger partial charge in [-0.2, -0.15) is 0 Å². The van der Waals surface area contributed by atoms with Gasteiger partial charge in [-0.05, 0) is 75.1 Å². The van der Waals surface area contributed by atoms with Crippen molar-refractivity contribution in [2.24, 2.45) is 5.92 Å². The quantitative estimate of drug-likeness (QED) is 0.488. The molecule has 0 heterocycles. The Morgan fingerprint density at radius 2 is 1.82 bits per heavy atom. The number of aryl methyl sites for hydroxylation is 1. The lowest BCUT2D eigenvalue weighted by molar-refractivity contribution is 0.254. The van der Waals surface area contributed by atoms with Crippen LogP contribution in [0, 0.1) is 5.92 Å². The molecule has 0 saturated heterocycles. The van der Waals surface area contributed by atoms with Crippen LogP contribution in [0.4, 0.5) is 4.39 Å². The second kappa shape index (κ2) is 8.31. The monoisotopic (exact) mass is 302 g/mol. The Hall–Kier alpha value is -1.37. The van der Waals surface area contributed by atoms with Crippen molar-refractivity contribution < 1.29 is 4.39 Å². The fraction of sp³-hybridized carbons (Fsp3) is 0.524. The first-order valence-electron chi connectivity index (χ1n) is 8.38. The number of hydrogen-bond acceptors (Lipinski definition) is 0. The third-order valence-corrected chi connectivity index (χ3v) is 4.32. The fourth-order valence-electron chi connectivity index (χ4n) is 2.66. The summed E-state index contributed by atoms with van der Waals surface area (Å²) in [5.41, 5.74) is 3.64. The summed E-state index contributed by atoms with van der Waals surface area (Å²) in [4.78, 5) is 0. The minimum atomic E-state index is -1.21. The molecule has 0 fully saturated rings. The zero-order valence-corrected chi connectivity index (χ0v) is 15.0. The molecule has 1 atom stereocenters. The normalized spacial score (nSPS) is 15.0. The van der Waals surface area contributed by atoms with Gasteiger partial charge in [0.15, 0.2) is 0 Å². The summed E-state index contributed by atoms with van der Waals surface area (Å²) < 4.78 is 14.1. The number of rotatable bonds is 7. The van der Waals surface area contributed by atoms with Crippen LogP contribution < -0.4 is 0 Å². The van der Waals surface area contributed by atoms with Crippen LogP contribution in [0.3, 0.4) is 0 Å². The van der Waals surface area contributed by atoms with Gasteiger partial charge in [0.2, 0.25) is 0 Å². The number of halogens is 1. The van der Waals surface area contributed by atoms with Gasteiger partial charge in [0.05, 0.1) is 0 Å². The van der Waals surface area contributed by atoms with E-state index in [9.17, 15) is 4.39 Å². The van der Waals surface area contributed by atoms with E-state index in [1.165, 1.54) is 16.7 Å². The lowest BCUT2D eigenvalue weighted by atomic mass is 9.88. The van der Waals surface area contributed by atoms with Gasteiger partial charge in [-0.25, -0.2) is 4.39 Å². The van der Waals surface area contributed by atoms with E-state index in [0.717, 1.165) is 24.8 Å². The van der Waals surface area contributed by atoms with Crippen LogP contribution >= 0.6 is 0 Å². The lowest BCUT2D eigenvalue weighted by Gasteiger charge is -2.21. The summed E-state index contributed by atoms with van der Waals surface area (Å²) in [5.74, 6) is 0.450. The second-order valence-electron chi connectivity index (χ2n) is 6.77. The molecule has 0 aromatic heterocycles. The molecule has 1 aromatic rings. The highest BCUT2D eigenvalue weighted by Gasteiger charge is 2.22. The van der Waals surface area contributed by atoms with Crippen LogP contribution in [0.25, 0.3) is 5.57 Å². The van der Waals surface area contributed by atoms with Crippen molar-refractivity contribution in [3.63, 3.8) is 0 Å². The van der Waals surface area contributed by atoms with Crippen molar-refractivity contribution in [3.8, 4) is 0 Å². The Balaban J connectivity index is 2.66. The van der Waals surface area contributed by atoms with Gasteiger partial charge in [0.1, 0.15) is 5.67 Å². The summed E-state index contributed by atoms with van der Waals surface area (Å²) in [5, 5.41) is 0. The molecule has 122 valence electrons. The van der Waals surface area contributed by atoms with Gasteiger partial charge in [-0.1, -0.05) is 50.3 Å². The SMILES string of the molecule is CC=C(CC(C)C/C=C(\C)c1ccc(CC)cc1)C(C)(C)F. The molecule has 0 nitrogen and oxygen atoms in total. The van der Waals surface area contributed by atoms with Crippen LogP contribution in [0.1, 0.15) is 65.5 Å². The average Bonchev–Trinajstić information content (AvgIpc) is 2.49. The molecule has 0 N–H and O–H groups in total. The number of benzene rings is 1. The summed E-state index contributed by atoms with van der Waals surface area (Å²) >= 11 is 0. The molecule has 1 unspecified atom stereocenters. The Bertz CT molecular complexity index is 512. The van der Waals surface area contributed by atoms with Crippen molar-refractivity contribution in [2.45, 2.75) is 66.5 Å². The van der Waals surface area contributed by atoms with E-state index >= 15 is 0 Å².